The third-order valence-corrected chi connectivity index (χ3v) is 2.76. The normalized spacial score (nSPS) is 14.6. The van der Waals surface area contributed by atoms with E-state index in [1.54, 1.807) is 7.11 Å². The molecule has 0 saturated heterocycles. The van der Waals surface area contributed by atoms with Crippen LogP contribution >= 0.6 is 0 Å². The molecule has 0 saturated carbocycles. The number of nitrogens with one attached hydrogen (secondary N) is 1. The number of likely N-dealkylation sites (N-methyl/N-ethyl adjacent to an activating group) is 2. The maximum Gasteiger partial charge on any atom is 0.0625 e. The molecule has 0 spiro atoms. The van der Waals surface area contributed by atoms with Gasteiger partial charge in [-0.05, 0) is 40.3 Å². The summed E-state index contributed by atoms with van der Waals surface area (Å²) in [6.07, 6.45) is 1.10. The summed E-state index contributed by atoms with van der Waals surface area (Å²) in [7, 11) is 5.95. The summed E-state index contributed by atoms with van der Waals surface area (Å²) < 4.78 is 5.44. The molecule has 15 heavy (non-hydrogen) atoms. The van der Waals surface area contributed by atoms with Gasteiger partial charge in [-0.1, -0.05) is 6.92 Å². The predicted molar refractivity (Wildman–Crippen MR) is 66.3 cm³/mol. The SMILES string of the molecule is CNCCN(C)C[C@H](C)CC(C)(C)OC. The van der Waals surface area contributed by atoms with E-state index in [4.69, 9.17) is 4.74 Å². The first-order valence-electron chi connectivity index (χ1n) is 5.79. The van der Waals surface area contributed by atoms with Crippen molar-refractivity contribution in [3.05, 3.63) is 0 Å². The van der Waals surface area contributed by atoms with Crippen molar-refractivity contribution in [2.75, 3.05) is 40.8 Å². The van der Waals surface area contributed by atoms with Crippen LogP contribution in [0.2, 0.25) is 0 Å². The van der Waals surface area contributed by atoms with Crippen LogP contribution in [0.1, 0.15) is 27.2 Å². The van der Waals surface area contributed by atoms with Crippen LogP contribution in [0.15, 0.2) is 0 Å². The third kappa shape index (κ3) is 7.77. The first-order chi connectivity index (χ1) is 6.91. The summed E-state index contributed by atoms with van der Waals surface area (Å²) in [6.45, 7) is 9.88. The molecule has 1 atom stereocenters. The monoisotopic (exact) mass is 216 g/mol. The minimum atomic E-state index is 0.00324. The second-order valence-corrected chi connectivity index (χ2v) is 5.14. The summed E-state index contributed by atoms with van der Waals surface area (Å²) >= 11 is 0. The fraction of sp³-hybridized carbons (Fsp3) is 1.00. The van der Waals surface area contributed by atoms with Crippen molar-refractivity contribution < 1.29 is 4.74 Å². The topological polar surface area (TPSA) is 24.5 Å². The lowest BCUT2D eigenvalue weighted by Crippen LogP contribution is -2.34. The average Bonchev–Trinajstić information content (AvgIpc) is 2.13. The van der Waals surface area contributed by atoms with Gasteiger partial charge in [-0.3, -0.25) is 0 Å². The van der Waals surface area contributed by atoms with E-state index in [2.05, 4.69) is 38.0 Å². The summed E-state index contributed by atoms with van der Waals surface area (Å²) in [5, 5.41) is 3.16. The maximum atomic E-state index is 5.44. The van der Waals surface area contributed by atoms with Gasteiger partial charge in [0.05, 0.1) is 5.60 Å². The Morgan fingerprint density at radius 2 is 2.00 bits per heavy atom. The van der Waals surface area contributed by atoms with Gasteiger partial charge in [-0.2, -0.15) is 0 Å². The first-order valence-corrected chi connectivity index (χ1v) is 5.79. The molecule has 0 rings (SSSR count). The summed E-state index contributed by atoms with van der Waals surface area (Å²) in [4.78, 5) is 2.37. The zero-order valence-electron chi connectivity index (χ0n) is 11.3. The van der Waals surface area contributed by atoms with Crippen LogP contribution in [-0.4, -0.2) is 51.3 Å². The van der Waals surface area contributed by atoms with Gasteiger partial charge in [0.15, 0.2) is 0 Å². The third-order valence-electron chi connectivity index (χ3n) is 2.76. The van der Waals surface area contributed by atoms with Crippen molar-refractivity contribution in [3.8, 4) is 0 Å². The molecule has 0 aromatic carbocycles. The highest BCUT2D eigenvalue weighted by Crippen LogP contribution is 2.19. The Hall–Kier alpha value is -0.120. The molecule has 0 aliphatic rings. The van der Waals surface area contributed by atoms with Crippen LogP contribution in [0, 0.1) is 5.92 Å². The van der Waals surface area contributed by atoms with Gasteiger partial charge in [-0.15, -0.1) is 0 Å². The van der Waals surface area contributed by atoms with Crippen molar-refractivity contribution >= 4 is 0 Å². The lowest BCUT2D eigenvalue weighted by atomic mass is 9.94. The lowest BCUT2D eigenvalue weighted by Gasteiger charge is -2.29. The van der Waals surface area contributed by atoms with Gasteiger partial charge in [0, 0.05) is 26.7 Å². The molecule has 0 fully saturated rings. The standard InChI is InChI=1S/C12H28N2O/c1-11(9-12(2,3)15-6)10-14(5)8-7-13-4/h11,13H,7-10H2,1-6H3/t11-/m1/s1. The van der Waals surface area contributed by atoms with Crippen LogP contribution in [0.3, 0.4) is 0 Å². The zero-order valence-corrected chi connectivity index (χ0v) is 11.3. The van der Waals surface area contributed by atoms with Gasteiger partial charge in [0.1, 0.15) is 0 Å². The Bertz CT molecular complexity index is 160. The quantitative estimate of drug-likeness (QED) is 0.667. The maximum absolute atomic E-state index is 5.44. The van der Waals surface area contributed by atoms with E-state index in [1.165, 1.54) is 0 Å². The van der Waals surface area contributed by atoms with Crippen LogP contribution in [-0.2, 0) is 4.74 Å². The summed E-state index contributed by atoms with van der Waals surface area (Å²) in [6, 6.07) is 0. The van der Waals surface area contributed by atoms with Gasteiger partial charge < -0.3 is 15.0 Å². The van der Waals surface area contributed by atoms with E-state index in [-0.39, 0.29) is 5.60 Å². The summed E-state index contributed by atoms with van der Waals surface area (Å²) in [5.41, 5.74) is 0.00324. The molecule has 0 radical (unpaired) electrons. The van der Waals surface area contributed by atoms with Crippen molar-refractivity contribution in [1.82, 2.24) is 10.2 Å². The Balaban J connectivity index is 3.77. The van der Waals surface area contributed by atoms with E-state index >= 15 is 0 Å². The number of rotatable bonds is 8. The molecule has 3 heteroatoms. The fourth-order valence-electron chi connectivity index (χ4n) is 1.91. The molecule has 0 aliphatic heterocycles. The first kappa shape index (κ1) is 14.9. The lowest BCUT2D eigenvalue weighted by molar-refractivity contribution is 0.000873. The van der Waals surface area contributed by atoms with Gasteiger partial charge >= 0.3 is 0 Å². The number of ether oxygens (including phenoxy) is 1. The van der Waals surface area contributed by atoms with E-state index in [0.717, 1.165) is 26.1 Å². The van der Waals surface area contributed by atoms with Crippen molar-refractivity contribution in [1.29, 1.82) is 0 Å². The molecule has 0 aromatic heterocycles. The number of hydrogen-bond acceptors (Lipinski definition) is 3. The van der Waals surface area contributed by atoms with Crippen LogP contribution in [0.4, 0.5) is 0 Å². The smallest absolute Gasteiger partial charge is 0.0625 e. The Kier molecular flexibility index (Phi) is 7.14. The molecule has 92 valence electrons. The van der Waals surface area contributed by atoms with E-state index in [9.17, 15) is 0 Å². The molecule has 1 N–H and O–H groups in total. The van der Waals surface area contributed by atoms with Gasteiger partial charge in [0.2, 0.25) is 0 Å². The zero-order chi connectivity index (χ0) is 11.9. The molecule has 0 bridgehead atoms. The van der Waals surface area contributed by atoms with Gasteiger partial charge in [0.25, 0.3) is 0 Å². The van der Waals surface area contributed by atoms with Crippen molar-refractivity contribution in [3.63, 3.8) is 0 Å². The largest absolute Gasteiger partial charge is 0.379 e. The molecule has 0 aromatic rings. The molecule has 0 amide bonds. The number of hydrogen-bond donors (Lipinski definition) is 1. The molecular formula is C12H28N2O. The van der Waals surface area contributed by atoms with Crippen LogP contribution in [0.5, 0.6) is 0 Å². The van der Waals surface area contributed by atoms with Crippen LogP contribution in [0.25, 0.3) is 0 Å². The molecule has 3 nitrogen and oxygen atoms in total. The number of methoxy groups -OCH3 is 1. The predicted octanol–water partition coefficient (Wildman–Crippen LogP) is 1.59. The van der Waals surface area contributed by atoms with Crippen molar-refractivity contribution in [2.24, 2.45) is 5.92 Å². The molecule has 0 unspecified atom stereocenters. The van der Waals surface area contributed by atoms with Crippen molar-refractivity contribution in [2.45, 2.75) is 32.8 Å². The van der Waals surface area contributed by atoms with E-state index < -0.39 is 0 Å². The summed E-state index contributed by atoms with van der Waals surface area (Å²) in [5.74, 6) is 0.668. The Morgan fingerprint density at radius 1 is 1.40 bits per heavy atom. The molecule has 0 heterocycles. The van der Waals surface area contributed by atoms with Gasteiger partial charge in [-0.25, -0.2) is 0 Å². The highest BCUT2D eigenvalue weighted by atomic mass is 16.5. The second kappa shape index (κ2) is 7.20. The Morgan fingerprint density at radius 3 is 2.47 bits per heavy atom. The molecular weight excluding hydrogens is 188 g/mol. The average molecular weight is 216 g/mol. The van der Waals surface area contributed by atoms with E-state index in [0.29, 0.717) is 5.92 Å². The molecule has 0 aliphatic carbocycles. The minimum absolute atomic E-state index is 0.00324. The second-order valence-electron chi connectivity index (χ2n) is 5.14. The highest BCUT2D eigenvalue weighted by molar-refractivity contribution is 4.73. The number of nitrogens with zero attached hydrogens (tertiary/aromatic N) is 1. The van der Waals surface area contributed by atoms with Crippen LogP contribution < -0.4 is 5.32 Å². The Labute approximate surface area is 95.2 Å². The van der Waals surface area contributed by atoms with E-state index in [1.807, 2.05) is 7.05 Å². The highest BCUT2D eigenvalue weighted by Gasteiger charge is 2.20. The minimum Gasteiger partial charge on any atom is -0.379 e. The fourth-order valence-corrected chi connectivity index (χ4v) is 1.91.